The van der Waals surface area contributed by atoms with E-state index in [1.54, 1.807) is 12.5 Å². The second kappa shape index (κ2) is 9.18. The van der Waals surface area contributed by atoms with Gasteiger partial charge >= 0.3 is 6.18 Å². The summed E-state index contributed by atoms with van der Waals surface area (Å²) in [6.45, 7) is 3.94. The molecule has 0 unspecified atom stereocenters. The Bertz CT molecular complexity index is 1670. The zero-order valence-electron chi connectivity index (χ0n) is 22.4. The zero-order valence-corrected chi connectivity index (χ0v) is 22.4. The van der Waals surface area contributed by atoms with Crippen molar-refractivity contribution in [3.05, 3.63) is 75.9 Å². The summed E-state index contributed by atoms with van der Waals surface area (Å²) in [5, 5.41) is 11.5. The molecule has 8 nitrogen and oxygen atoms in total. The molecule has 0 amide bonds. The van der Waals surface area contributed by atoms with Crippen molar-refractivity contribution >= 4 is 5.65 Å². The van der Waals surface area contributed by atoms with Crippen molar-refractivity contribution < 1.29 is 17.6 Å². The third-order valence-corrected chi connectivity index (χ3v) is 8.58. The Morgan fingerprint density at radius 1 is 1.18 bits per heavy atom. The zero-order chi connectivity index (χ0) is 28.4. The highest BCUT2D eigenvalue weighted by atomic mass is 19.4. The van der Waals surface area contributed by atoms with Crippen LogP contribution < -0.4 is 10.9 Å². The number of aromatic nitrogens is 6. The van der Waals surface area contributed by atoms with Crippen LogP contribution in [-0.2, 0) is 25.2 Å². The number of hydrogen-bond acceptors (Lipinski definition) is 6. The molecule has 40 heavy (non-hydrogen) atoms. The molecular weight excluding hydrogens is 526 g/mol. The molecule has 2 aliphatic carbocycles. The molecule has 1 N–H and O–H groups in total. The van der Waals surface area contributed by atoms with Crippen molar-refractivity contribution in [1.29, 1.82) is 0 Å². The van der Waals surface area contributed by atoms with E-state index in [1.165, 1.54) is 6.20 Å². The number of halogens is 4. The minimum absolute atomic E-state index is 0.0666. The van der Waals surface area contributed by atoms with Crippen molar-refractivity contribution in [2.24, 2.45) is 13.0 Å². The van der Waals surface area contributed by atoms with Crippen molar-refractivity contribution in [2.45, 2.75) is 69.6 Å². The van der Waals surface area contributed by atoms with E-state index >= 15 is 4.39 Å². The number of fused-ring (bicyclic) bond motifs is 1. The summed E-state index contributed by atoms with van der Waals surface area (Å²) in [6.07, 6.45) is 6.28. The molecule has 4 aromatic rings. The van der Waals surface area contributed by atoms with Crippen LogP contribution in [0.4, 0.5) is 17.6 Å². The summed E-state index contributed by atoms with van der Waals surface area (Å²) in [5.41, 5.74) is -2.72. The predicted octanol–water partition coefficient (Wildman–Crippen LogP) is 4.79. The molecule has 0 aromatic carbocycles. The van der Waals surface area contributed by atoms with E-state index in [-0.39, 0.29) is 23.2 Å². The first kappa shape index (κ1) is 26.5. The molecular formula is C28H29F4N7O. The number of nitrogens with zero attached hydrogens (tertiary/aromatic N) is 6. The Hall–Kier alpha value is -3.67. The van der Waals surface area contributed by atoms with Crippen molar-refractivity contribution in [2.75, 3.05) is 0 Å². The summed E-state index contributed by atoms with van der Waals surface area (Å²) < 4.78 is 60.1. The Labute approximate surface area is 227 Å². The third-order valence-electron chi connectivity index (χ3n) is 8.58. The van der Waals surface area contributed by atoms with Gasteiger partial charge in [0.1, 0.15) is 23.5 Å². The topological polar surface area (TPSA) is 90.0 Å². The van der Waals surface area contributed by atoms with Crippen LogP contribution in [0.15, 0.2) is 42.0 Å². The average Bonchev–Trinajstić information content (AvgIpc) is 3.30. The van der Waals surface area contributed by atoms with Gasteiger partial charge in [-0.2, -0.15) is 13.2 Å². The Morgan fingerprint density at radius 3 is 2.52 bits per heavy atom. The van der Waals surface area contributed by atoms with Crippen LogP contribution in [0.1, 0.15) is 68.5 Å². The minimum atomic E-state index is -5.04. The van der Waals surface area contributed by atoms with E-state index in [2.05, 4.69) is 32.4 Å². The van der Waals surface area contributed by atoms with Crippen LogP contribution in [0.2, 0.25) is 0 Å². The molecule has 0 aliphatic heterocycles. The fourth-order valence-electron chi connectivity index (χ4n) is 6.25. The van der Waals surface area contributed by atoms with E-state index in [0.717, 1.165) is 60.3 Å². The second-order valence-corrected chi connectivity index (χ2v) is 11.6. The molecule has 2 saturated carbocycles. The van der Waals surface area contributed by atoms with Crippen LogP contribution in [-0.4, -0.2) is 34.7 Å². The third kappa shape index (κ3) is 4.20. The fraction of sp³-hybridized carbons (Fsp3) is 0.464. The molecule has 0 radical (unpaired) electrons. The molecule has 12 heteroatoms. The van der Waals surface area contributed by atoms with Gasteiger partial charge in [-0.15, -0.1) is 10.2 Å². The van der Waals surface area contributed by atoms with Gasteiger partial charge in [0, 0.05) is 55.0 Å². The predicted molar refractivity (Wildman–Crippen MR) is 139 cm³/mol. The highest BCUT2D eigenvalue weighted by Crippen LogP contribution is 2.51. The Morgan fingerprint density at radius 2 is 1.93 bits per heavy atom. The van der Waals surface area contributed by atoms with Gasteiger partial charge in [0.15, 0.2) is 5.65 Å². The first-order valence-electron chi connectivity index (χ1n) is 13.3. The molecule has 4 heterocycles. The minimum Gasteiger partial charge on any atom is -0.320 e. The summed E-state index contributed by atoms with van der Waals surface area (Å²) in [6, 6.07) is 1.81. The van der Waals surface area contributed by atoms with Gasteiger partial charge in [-0.05, 0) is 56.6 Å². The molecule has 2 aliphatic rings. The van der Waals surface area contributed by atoms with Crippen LogP contribution in [0.5, 0.6) is 0 Å². The highest BCUT2D eigenvalue weighted by molar-refractivity contribution is 5.65. The first-order valence-corrected chi connectivity index (χ1v) is 13.3. The quantitative estimate of drug-likeness (QED) is 0.344. The maximum atomic E-state index is 15.2. The van der Waals surface area contributed by atoms with Crippen LogP contribution in [0.3, 0.4) is 0 Å². The number of pyridine rings is 2. The monoisotopic (exact) mass is 555 g/mol. The second-order valence-electron chi connectivity index (χ2n) is 11.6. The van der Waals surface area contributed by atoms with Gasteiger partial charge in [0.2, 0.25) is 0 Å². The largest absolute Gasteiger partial charge is 0.422 e. The fourth-order valence-corrected chi connectivity index (χ4v) is 6.25. The number of aryl methyl sites for hydroxylation is 1. The van der Waals surface area contributed by atoms with E-state index in [4.69, 9.17) is 0 Å². The Balaban J connectivity index is 1.47. The van der Waals surface area contributed by atoms with Crippen LogP contribution in [0, 0.1) is 11.7 Å². The van der Waals surface area contributed by atoms with Gasteiger partial charge in [0.05, 0.1) is 11.0 Å². The summed E-state index contributed by atoms with van der Waals surface area (Å²) in [4.78, 5) is 22.0. The van der Waals surface area contributed by atoms with Gasteiger partial charge < -0.3 is 9.88 Å². The summed E-state index contributed by atoms with van der Waals surface area (Å²) in [7, 11) is 1.87. The van der Waals surface area contributed by atoms with Crippen molar-refractivity contribution in [3.63, 3.8) is 0 Å². The summed E-state index contributed by atoms with van der Waals surface area (Å²) in [5.74, 6) is -0.199. The van der Waals surface area contributed by atoms with Crippen LogP contribution >= 0.6 is 0 Å². The normalized spacial score (nSPS) is 22.2. The van der Waals surface area contributed by atoms with Crippen molar-refractivity contribution in [1.82, 2.24) is 34.4 Å². The van der Waals surface area contributed by atoms with Gasteiger partial charge in [-0.3, -0.25) is 14.2 Å². The summed E-state index contributed by atoms with van der Waals surface area (Å²) >= 11 is 0. The van der Waals surface area contributed by atoms with Crippen molar-refractivity contribution in [3.8, 4) is 11.1 Å². The maximum Gasteiger partial charge on any atom is 0.422 e. The maximum absolute atomic E-state index is 15.2. The highest BCUT2D eigenvalue weighted by Gasteiger charge is 2.48. The SMILES string of the molecule is CC1CC(c2cncc(-c3cnc4c(C(F)(F)F)c(F)c(CNC5(C)CCC5)cn4c3=O)c2)(c2nncn2C)C1. The van der Waals surface area contributed by atoms with Crippen LogP contribution in [0.25, 0.3) is 16.8 Å². The molecule has 210 valence electrons. The van der Waals surface area contributed by atoms with E-state index in [9.17, 15) is 18.0 Å². The molecule has 0 atom stereocenters. The number of hydrogen-bond donors (Lipinski definition) is 1. The number of alkyl halides is 3. The number of nitrogens with one attached hydrogen (secondary N) is 1. The standard InChI is InChI=1S/C28H29F4N7O/c1-16-8-27(9-16,25-37-36-15-38(25)3)19-7-17(10-33-12-19)20-13-34-23-21(28(30,31)32)22(29)18(14-39(23)24(20)40)11-35-26(2)5-4-6-26/h7,10,12-16,35H,4-6,8-9,11H2,1-3H3. The average molecular weight is 556 g/mol. The lowest BCUT2D eigenvalue weighted by Gasteiger charge is -2.45. The van der Waals surface area contributed by atoms with E-state index in [0.29, 0.717) is 11.5 Å². The lowest BCUT2D eigenvalue weighted by molar-refractivity contribution is -0.139. The van der Waals surface area contributed by atoms with Gasteiger partial charge in [-0.1, -0.05) is 6.92 Å². The molecule has 4 aromatic heterocycles. The molecule has 0 bridgehead atoms. The lowest BCUT2D eigenvalue weighted by Crippen LogP contribution is -2.47. The molecule has 6 rings (SSSR count). The smallest absolute Gasteiger partial charge is 0.320 e. The molecule has 2 fully saturated rings. The van der Waals surface area contributed by atoms with E-state index < -0.39 is 34.2 Å². The molecule has 0 spiro atoms. The Kier molecular flexibility index (Phi) is 6.10. The number of rotatable bonds is 6. The van der Waals surface area contributed by atoms with Gasteiger partial charge in [0.25, 0.3) is 5.56 Å². The lowest BCUT2D eigenvalue weighted by atomic mass is 9.58. The molecule has 0 saturated heterocycles. The van der Waals surface area contributed by atoms with Gasteiger partial charge in [-0.25, -0.2) is 9.37 Å². The van der Waals surface area contributed by atoms with E-state index in [1.807, 2.05) is 24.6 Å². The first-order chi connectivity index (χ1) is 18.9.